The molecule has 0 fully saturated rings. The minimum absolute atomic E-state index is 0.420. The van der Waals surface area contributed by atoms with Gasteiger partial charge in [-0.2, -0.15) is 12.6 Å². The molecule has 0 saturated heterocycles. The van der Waals surface area contributed by atoms with E-state index >= 15 is 0 Å². The van der Waals surface area contributed by atoms with Gasteiger partial charge >= 0.3 is 0 Å². The minimum Gasteiger partial charge on any atom is -0.292 e. The topological polar surface area (TPSA) is 3.24 Å². The van der Waals surface area contributed by atoms with Crippen LogP contribution in [0.15, 0.2) is 0 Å². The molecule has 0 aliphatic heterocycles. The van der Waals surface area contributed by atoms with E-state index in [0.717, 1.165) is 0 Å². The molecule has 0 amide bonds. The molecule has 1 nitrogen and oxygen atoms in total. The van der Waals surface area contributed by atoms with Crippen LogP contribution >= 0.6 is 12.6 Å². The van der Waals surface area contributed by atoms with Crippen molar-refractivity contribution in [1.82, 2.24) is 4.90 Å². The Labute approximate surface area is 95.7 Å². The van der Waals surface area contributed by atoms with E-state index in [9.17, 15) is 0 Å². The van der Waals surface area contributed by atoms with E-state index in [1.807, 2.05) is 0 Å². The molecule has 0 radical (unpaired) electrons. The third kappa shape index (κ3) is 7.69. The van der Waals surface area contributed by atoms with Gasteiger partial charge in [-0.1, -0.05) is 39.5 Å². The molecule has 14 heavy (non-hydrogen) atoms. The Balaban J connectivity index is 3.55. The molecule has 0 bridgehead atoms. The molecule has 0 aromatic heterocycles. The Morgan fingerprint density at radius 2 is 1.36 bits per heavy atom. The fourth-order valence-electron chi connectivity index (χ4n) is 1.62. The van der Waals surface area contributed by atoms with Crippen LogP contribution in [0.2, 0.25) is 0 Å². The van der Waals surface area contributed by atoms with E-state index in [1.165, 1.54) is 51.6 Å². The highest BCUT2D eigenvalue weighted by Crippen LogP contribution is 2.08. The molecule has 0 aromatic carbocycles. The summed E-state index contributed by atoms with van der Waals surface area (Å²) in [5.41, 5.74) is 0. The zero-order chi connectivity index (χ0) is 10.8. The van der Waals surface area contributed by atoms with E-state index in [1.54, 1.807) is 0 Å². The number of thiol groups is 1. The zero-order valence-corrected chi connectivity index (χ0v) is 11.0. The van der Waals surface area contributed by atoms with E-state index in [2.05, 4.69) is 38.3 Å². The van der Waals surface area contributed by atoms with E-state index in [-0.39, 0.29) is 0 Å². The van der Waals surface area contributed by atoms with Crippen LogP contribution in [0, 0.1) is 0 Å². The highest BCUT2D eigenvalue weighted by Gasteiger charge is 2.08. The molecular formula is C12H27NS. The van der Waals surface area contributed by atoms with Gasteiger partial charge in [0.05, 0.1) is 0 Å². The van der Waals surface area contributed by atoms with Crippen molar-refractivity contribution in [2.75, 3.05) is 13.1 Å². The second kappa shape index (κ2) is 9.85. The van der Waals surface area contributed by atoms with Gasteiger partial charge in [0.2, 0.25) is 0 Å². The summed E-state index contributed by atoms with van der Waals surface area (Å²) in [7, 11) is 0. The first kappa shape index (κ1) is 14.3. The van der Waals surface area contributed by atoms with Crippen LogP contribution in [0.1, 0.15) is 59.3 Å². The second-order valence-electron chi connectivity index (χ2n) is 4.08. The number of hydrogen-bond acceptors (Lipinski definition) is 2. The van der Waals surface area contributed by atoms with E-state index in [4.69, 9.17) is 0 Å². The van der Waals surface area contributed by atoms with Gasteiger partial charge in [-0.15, -0.1) is 0 Å². The maximum Gasteiger partial charge on any atom is 0.0499 e. The number of unbranched alkanes of at least 4 members (excludes halogenated alkanes) is 4. The molecule has 0 saturated carbocycles. The molecular weight excluding hydrogens is 190 g/mol. The van der Waals surface area contributed by atoms with E-state index < -0.39 is 0 Å². The van der Waals surface area contributed by atoms with Gasteiger partial charge < -0.3 is 0 Å². The standard InChI is InChI=1S/C12H27NS/c1-4-6-8-10-13(12(3)14)11-9-7-5-2/h12,14H,4-11H2,1-3H3. The largest absolute Gasteiger partial charge is 0.292 e. The first-order valence-corrected chi connectivity index (χ1v) is 6.66. The molecule has 0 N–H and O–H groups in total. The van der Waals surface area contributed by atoms with Gasteiger partial charge in [0.1, 0.15) is 0 Å². The summed E-state index contributed by atoms with van der Waals surface area (Å²) in [5.74, 6) is 0. The summed E-state index contributed by atoms with van der Waals surface area (Å²) in [5, 5.41) is 0.420. The third-order valence-corrected chi connectivity index (χ3v) is 2.95. The van der Waals surface area contributed by atoms with Gasteiger partial charge in [0.25, 0.3) is 0 Å². The summed E-state index contributed by atoms with van der Waals surface area (Å²) in [4.78, 5) is 2.49. The van der Waals surface area contributed by atoms with Crippen molar-refractivity contribution in [2.45, 2.75) is 64.7 Å². The first-order valence-electron chi connectivity index (χ1n) is 6.14. The lowest BCUT2D eigenvalue weighted by atomic mass is 10.2. The Kier molecular flexibility index (Phi) is 10.1. The van der Waals surface area contributed by atoms with Crippen molar-refractivity contribution in [1.29, 1.82) is 0 Å². The lowest BCUT2D eigenvalue weighted by Crippen LogP contribution is -2.31. The van der Waals surface area contributed by atoms with Gasteiger partial charge in [-0.05, 0) is 32.9 Å². The van der Waals surface area contributed by atoms with Crippen LogP contribution in [0.25, 0.3) is 0 Å². The monoisotopic (exact) mass is 217 g/mol. The van der Waals surface area contributed by atoms with Gasteiger partial charge in [0.15, 0.2) is 0 Å². The molecule has 86 valence electrons. The third-order valence-electron chi connectivity index (χ3n) is 2.63. The summed E-state index contributed by atoms with van der Waals surface area (Å²) in [6.07, 6.45) is 7.98. The summed E-state index contributed by atoms with van der Waals surface area (Å²) in [6, 6.07) is 0. The molecule has 1 unspecified atom stereocenters. The number of rotatable bonds is 9. The quantitative estimate of drug-likeness (QED) is 0.348. The van der Waals surface area contributed by atoms with Crippen molar-refractivity contribution in [3.05, 3.63) is 0 Å². The average molecular weight is 217 g/mol. The molecule has 0 aliphatic rings. The fourth-order valence-corrected chi connectivity index (χ4v) is 1.85. The number of nitrogens with zero attached hydrogens (tertiary/aromatic N) is 1. The zero-order valence-electron chi connectivity index (χ0n) is 10.1. The van der Waals surface area contributed by atoms with Crippen LogP contribution in [0.5, 0.6) is 0 Å². The Morgan fingerprint density at radius 1 is 0.929 bits per heavy atom. The lowest BCUT2D eigenvalue weighted by Gasteiger charge is -2.25. The van der Waals surface area contributed by atoms with Crippen molar-refractivity contribution in [3.63, 3.8) is 0 Å². The van der Waals surface area contributed by atoms with Crippen molar-refractivity contribution >= 4 is 12.6 Å². The van der Waals surface area contributed by atoms with Crippen LogP contribution in [-0.4, -0.2) is 23.4 Å². The predicted octanol–water partition coefficient (Wildman–Crippen LogP) is 3.94. The highest BCUT2D eigenvalue weighted by atomic mass is 32.1. The molecule has 0 aliphatic carbocycles. The molecule has 0 rings (SSSR count). The van der Waals surface area contributed by atoms with Crippen LogP contribution in [0.4, 0.5) is 0 Å². The van der Waals surface area contributed by atoms with Crippen molar-refractivity contribution in [3.8, 4) is 0 Å². The SMILES string of the molecule is CCCCCN(CCCCC)C(C)S. The Morgan fingerprint density at radius 3 is 1.64 bits per heavy atom. The first-order chi connectivity index (χ1) is 6.72. The second-order valence-corrected chi connectivity index (χ2v) is 4.83. The maximum atomic E-state index is 4.52. The lowest BCUT2D eigenvalue weighted by molar-refractivity contribution is 0.256. The molecule has 1 atom stereocenters. The molecule has 0 heterocycles. The summed E-state index contributed by atoms with van der Waals surface area (Å²) in [6.45, 7) is 9.14. The van der Waals surface area contributed by atoms with Crippen LogP contribution in [0.3, 0.4) is 0 Å². The van der Waals surface area contributed by atoms with Crippen LogP contribution in [-0.2, 0) is 0 Å². The minimum atomic E-state index is 0.420. The van der Waals surface area contributed by atoms with E-state index in [0.29, 0.717) is 5.37 Å². The van der Waals surface area contributed by atoms with Gasteiger partial charge in [-0.3, -0.25) is 4.90 Å². The van der Waals surface area contributed by atoms with Crippen LogP contribution < -0.4 is 0 Å². The smallest absolute Gasteiger partial charge is 0.0499 e. The maximum absolute atomic E-state index is 4.52. The fraction of sp³-hybridized carbons (Fsp3) is 1.00. The summed E-state index contributed by atoms with van der Waals surface area (Å²) >= 11 is 4.52. The Bertz CT molecular complexity index is 105. The summed E-state index contributed by atoms with van der Waals surface area (Å²) < 4.78 is 0. The molecule has 0 aromatic rings. The Hall–Kier alpha value is 0.310. The van der Waals surface area contributed by atoms with Crippen molar-refractivity contribution in [2.24, 2.45) is 0 Å². The molecule has 0 spiro atoms. The highest BCUT2D eigenvalue weighted by molar-refractivity contribution is 7.80. The van der Waals surface area contributed by atoms with Gasteiger partial charge in [0, 0.05) is 5.37 Å². The average Bonchev–Trinajstić information content (AvgIpc) is 2.15. The van der Waals surface area contributed by atoms with Gasteiger partial charge in [-0.25, -0.2) is 0 Å². The predicted molar refractivity (Wildman–Crippen MR) is 69.1 cm³/mol. The normalized spacial score (nSPS) is 13.5. The molecule has 2 heteroatoms. The van der Waals surface area contributed by atoms with Crippen molar-refractivity contribution < 1.29 is 0 Å². The number of hydrogen-bond donors (Lipinski definition) is 1.